The molecule has 1 rings (SSSR count). The first-order chi connectivity index (χ1) is 8.10. The van der Waals surface area contributed by atoms with Crippen LogP contribution in [0.5, 0.6) is 0 Å². The monoisotopic (exact) mass is 240 g/mol. The first-order valence-electron chi connectivity index (χ1n) is 5.37. The van der Waals surface area contributed by atoms with Gasteiger partial charge >= 0.3 is 12.0 Å². The quantitative estimate of drug-likeness (QED) is 0.594. The Morgan fingerprint density at radius 3 is 2.53 bits per heavy atom. The molecule has 3 N–H and O–H groups in total. The number of urea groups is 1. The van der Waals surface area contributed by atoms with E-state index in [1.54, 1.807) is 0 Å². The van der Waals surface area contributed by atoms with E-state index in [2.05, 4.69) is 16.6 Å². The van der Waals surface area contributed by atoms with Gasteiger partial charge in [-0.05, 0) is 12.8 Å². The van der Waals surface area contributed by atoms with Gasteiger partial charge in [0.25, 0.3) is 0 Å². The van der Waals surface area contributed by atoms with Gasteiger partial charge in [-0.15, -0.1) is 6.42 Å². The first kappa shape index (κ1) is 13.3. The predicted octanol–water partition coefficient (Wildman–Crippen LogP) is -0.200. The predicted molar refractivity (Wildman–Crippen MR) is 60.4 cm³/mol. The molecule has 0 aliphatic carbocycles. The smallest absolute Gasteiger partial charge is 0.315 e. The Kier molecular flexibility index (Phi) is 4.79. The van der Waals surface area contributed by atoms with Crippen LogP contribution in [0.15, 0.2) is 0 Å². The van der Waals surface area contributed by atoms with Crippen LogP contribution in [-0.2, 0) is 9.53 Å². The molecule has 0 radical (unpaired) electrons. The number of hydrogen-bond donors (Lipinski definition) is 3. The van der Waals surface area contributed by atoms with Crippen molar-refractivity contribution in [1.82, 2.24) is 10.6 Å². The summed E-state index contributed by atoms with van der Waals surface area (Å²) in [6, 6.07) is -0.449. The lowest BCUT2D eigenvalue weighted by molar-refractivity contribution is -0.154. The van der Waals surface area contributed by atoms with Crippen LogP contribution in [0.1, 0.15) is 12.8 Å². The highest BCUT2D eigenvalue weighted by atomic mass is 16.5. The topological polar surface area (TPSA) is 87.7 Å². The van der Waals surface area contributed by atoms with Crippen molar-refractivity contribution in [2.75, 3.05) is 26.3 Å². The van der Waals surface area contributed by atoms with Gasteiger partial charge in [-0.25, -0.2) is 4.79 Å². The average Bonchev–Trinajstić information content (AvgIpc) is 2.34. The van der Waals surface area contributed by atoms with E-state index < -0.39 is 17.4 Å². The molecule has 0 bridgehead atoms. The summed E-state index contributed by atoms with van der Waals surface area (Å²) in [6.07, 6.45) is 5.79. The number of terminal acetylenes is 1. The lowest BCUT2D eigenvalue weighted by Crippen LogP contribution is -2.48. The van der Waals surface area contributed by atoms with Gasteiger partial charge in [0.2, 0.25) is 0 Å². The number of nitrogens with one attached hydrogen (secondary N) is 2. The van der Waals surface area contributed by atoms with Gasteiger partial charge in [0, 0.05) is 19.8 Å². The van der Waals surface area contributed by atoms with Crippen LogP contribution in [0.25, 0.3) is 0 Å². The number of carbonyl (C=O) groups is 2. The average molecular weight is 240 g/mol. The molecule has 0 aromatic rings. The molecule has 0 unspecified atom stereocenters. The van der Waals surface area contributed by atoms with E-state index in [1.165, 1.54) is 0 Å². The number of amides is 2. The Morgan fingerprint density at radius 2 is 2.00 bits per heavy atom. The van der Waals surface area contributed by atoms with Crippen molar-refractivity contribution in [3.05, 3.63) is 0 Å². The van der Waals surface area contributed by atoms with Crippen molar-refractivity contribution in [2.45, 2.75) is 12.8 Å². The molecule has 1 aliphatic rings. The Hall–Kier alpha value is -1.74. The van der Waals surface area contributed by atoms with Crippen molar-refractivity contribution in [3.63, 3.8) is 0 Å². The molecular formula is C11H16N2O4. The molecule has 6 heteroatoms. The van der Waals surface area contributed by atoms with Gasteiger partial charge in [-0.3, -0.25) is 4.79 Å². The number of carboxylic acid groups (broad SMARTS) is 1. The Bertz CT molecular complexity index is 329. The van der Waals surface area contributed by atoms with Crippen LogP contribution in [-0.4, -0.2) is 43.4 Å². The second kappa shape index (κ2) is 6.11. The van der Waals surface area contributed by atoms with Crippen LogP contribution in [0.3, 0.4) is 0 Å². The zero-order valence-corrected chi connectivity index (χ0v) is 9.49. The molecule has 1 aliphatic heterocycles. The minimum atomic E-state index is -0.925. The number of aliphatic carboxylic acids is 1. The maximum absolute atomic E-state index is 11.3. The second-order valence-corrected chi connectivity index (χ2v) is 3.94. The number of carboxylic acids is 1. The van der Waals surface area contributed by atoms with E-state index in [0.717, 1.165) is 0 Å². The SMILES string of the molecule is C#CCNC(=O)NCC1(C(=O)O)CCOCC1. The Morgan fingerprint density at radius 1 is 1.35 bits per heavy atom. The lowest BCUT2D eigenvalue weighted by atomic mass is 9.80. The van der Waals surface area contributed by atoms with Crippen LogP contribution >= 0.6 is 0 Å². The number of rotatable bonds is 4. The van der Waals surface area contributed by atoms with Crippen molar-refractivity contribution in [3.8, 4) is 12.3 Å². The van der Waals surface area contributed by atoms with E-state index >= 15 is 0 Å². The maximum Gasteiger partial charge on any atom is 0.315 e. The minimum Gasteiger partial charge on any atom is -0.481 e. The van der Waals surface area contributed by atoms with Gasteiger partial charge in [0.1, 0.15) is 0 Å². The first-order valence-corrected chi connectivity index (χ1v) is 5.37. The fourth-order valence-electron chi connectivity index (χ4n) is 1.67. The largest absolute Gasteiger partial charge is 0.481 e. The van der Waals surface area contributed by atoms with Gasteiger partial charge in [-0.2, -0.15) is 0 Å². The van der Waals surface area contributed by atoms with E-state index in [0.29, 0.717) is 26.1 Å². The molecule has 6 nitrogen and oxygen atoms in total. The number of ether oxygens (including phenoxy) is 1. The Balaban J connectivity index is 2.48. The van der Waals surface area contributed by atoms with Gasteiger partial charge in [0.05, 0.1) is 12.0 Å². The molecule has 1 heterocycles. The summed E-state index contributed by atoms with van der Waals surface area (Å²) < 4.78 is 5.13. The second-order valence-electron chi connectivity index (χ2n) is 3.94. The molecule has 0 aromatic carbocycles. The number of carbonyl (C=O) groups excluding carboxylic acids is 1. The highest BCUT2D eigenvalue weighted by molar-refractivity contribution is 5.78. The molecular weight excluding hydrogens is 224 g/mol. The van der Waals surface area contributed by atoms with Gasteiger partial charge in [-0.1, -0.05) is 5.92 Å². The fraction of sp³-hybridized carbons (Fsp3) is 0.636. The molecule has 1 fully saturated rings. The molecule has 1 saturated heterocycles. The number of hydrogen-bond acceptors (Lipinski definition) is 3. The zero-order chi connectivity index (χ0) is 12.7. The van der Waals surface area contributed by atoms with Crippen LogP contribution < -0.4 is 10.6 Å². The highest BCUT2D eigenvalue weighted by Gasteiger charge is 2.40. The summed E-state index contributed by atoms with van der Waals surface area (Å²) >= 11 is 0. The summed E-state index contributed by atoms with van der Waals surface area (Å²) in [5.74, 6) is 1.36. The van der Waals surface area contributed by atoms with E-state index in [4.69, 9.17) is 11.2 Å². The third-order valence-electron chi connectivity index (χ3n) is 2.84. The molecule has 0 saturated carbocycles. The van der Waals surface area contributed by atoms with Crippen LogP contribution in [0.4, 0.5) is 4.79 Å². The summed E-state index contributed by atoms with van der Waals surface area (Å²) in [5.41, 5.74) is -0.925. The third-order valence-corrected chi connectivity index (χ3v) is 2.84. The summed E-state index contributed by atoms with van der Waals surface area (Å²) in [4.78, 5) is 22.5. The van der Waals surface area contributed by atoms with E-state index in [9.17, 15) is 14.7 Å². The van der Waals surface area contributed by atoms with Crippen molar-refractivity contribution in [1.29, 1.82) is 0 Å². The third kappa shape index (κ3) is 3.64. The fourth-order valence-corrected chi connectivity index (χ4v) is 1.67. The molecule has 0 aromatic heterocycles. The molecule has 0 atom stereocenters. The molecule has 17 heavy (non-hydrogen) atoms. The minimum absolute atomic E-state index is 0.0854. The standard InChI is InChI=1S/C11H16N2O4/c1-2-5-12-10(16)13-8-11(9(14)15)3-6-17-7-4-11/h1H,3-8H2,(H,14,15)(H2,12,13,16). The van der Waals surface area contributed by atoms with Crippen molar-refractivity contribution >= 4 is 12.0 Å². The van der Waals surface area contributed by atoms with Crippen LogP contribution in [0, 0.1) is 17.8 Å². The maximum atomic E-state index is 11.3. The zero-order valence-electron chi connectivity index (χ0n) is 9.49. The van der Waals surface area contributed by atoms with Crippen LogP contribution in [0.2, 0.25) is 0 Å². The molecule has 94 valence electrons. The molecule has 0 spiro atoms. The highest BCUT2D eigenvalue weighted by Crippen LogP contribution is 2.29. The van der Waals surface area contributed by atoms with Crippen molar-refractivity contribution < 1.29 is 19.4 Å². The van der Waals surface area contributed by atoms with E-state index in [1.807, 2.05) is 0 Å². The summed E-state index contributed by atoms with van der Waals surface area (Å²) in [6.45, 7) is 1.01. The van der Waals surface area contributed by atoms with Gasteiger partial charge in [0.15, 0.2) is 0 Å². The normalized spacial score (nSPS) is 17.8. The van der Waals surface area contributed by atoms with E-state index in [-0.39, 0.29) is 13.1 Å². The lowest BCUT2D eigenvalue weighted by Gasteiger charge is -2.33. The summed E-state index contributed by atoms with van der Waals surface area (Å²) in [5, 5.41) is 14.2. The Labute approximate surface area is 99.7 Å². The van der Waals surface area contributed by atoms with Crippen molar-refractivity contribution in [2.24, 2.45) is 5.41 Å². The summed E-state index contributed by atoms with van der Waals surface area (Å²) in [7, 11) is 0. The van der Waals surface area contributed by atoms with Gasteiger partial charge < -0.3 is 20.5 Å². The molecule has 2 amide bonds.